The monoisotopic (exact) mass is 280 g/mol. The number of carboxylic acids is 1. The van der Waals surface area contributed by atoms with E-state index in [9.17, 15) is 14.7 Å². The molecule has 2 amide bonds. The number of hydrogen-bond acceptors (Lipinski definition) is 3. The first kappa shape index (κ1) is 14.4. The number of hydrogen-bond donors (Lipinski definition) is 4. The number of H-pyrrole nitrogens is 1. The summed E-state index contributed by atoms with van der Waals surface area (Å²) in [5.74, 6) is -0.158. The molecule has 1 aromatic heterocycles. The third kappa shape index (κ3) is 3.49. The van der Waals surface area contributed by atoms with Crippen molar-refractivity contribution >= 4 is 12.0 Å². The summed E-state index contributed by atoms with van der Waals surface area (Å²) in [6, 6.07) is -0.430. The Morgan fingerprint density at radius 1 is 1.35 bits per heavy atom. The normalized spacial score (nSPS) is 17.4. The Kier molecular flexibility index (Phi) is 4.60. The topological polar surface area (TPSA) is 107 Å². The second-order valence-corrected chi connectivity index (χ2v) is 5.11. The first-order valence-corrected chi connectivity index (χ1v) is 6.90. The molecule has 0 aliphatic heterocycles. The summed E-state index contributed by atoms with van der Waals surface area (Å²) < 4.78 is 0. The van der Waals surface area contributed by atoms with Gasteiger partial charge in [-0.3, -0.25) is 0 Å². The van der Waals surface area contributed by atoms with Crippen LogP contribution in [0.15, 0.2) is 12.4 Å². The summed E-state index contributed by atoms with van der Waals surface area (Å²) >= 11 is 0. The van der Waals surface area contributed by atoms with Gasteiger partial charge in [0.05, 0.1) is 0 Å². The number of aliphatic carboxylic acids is 1. The second kappa shape index (κ2) is 6.40. The average molecular weight is 280 g/mol. The van der Waals surface area contributed by atoms with Crippen LogP contribution in [-0.4, -0.2) is 39.2 Å². The molecule has 0 radical (unpaired) electrons. The minimum Gasteiger partial charge on any atom is -0.480 e. The van der Waals surface area contributed by atoms with Crippen molar-refractivity contribution in [2.75, 3.05) is 6.54 Å². The number of aromatic nitrogens is 2. The highest BCUT2D eigenvalue weighted by Crippen LogP contribution is 2.28. The fraction of sp³-hybridized carbons (Fsp3) is 0.615. The summed E-state index contributed by atoms with van der Waals surface area (Å²) in [6.45, 7) is 0.412. The Hall–Kier alpha value is -2.05. The predicted molar refractivity (Wildman–Crippen MR) is 72.3 cm³/mol. The van der Waals surface area contributed by atoms with E-state index in [-0.39, 0.29) is 0 Å². The van der Waals surface area contributed by atoms with Gasteiger partial charge in [-0.2, -0.15) is 0 Å². The smallest absolute Gasteiger partial charge is 0.329 e. The van der Waals surface area contributed by atoms with Gasteiger partial charge in [0.15, 0.2) is 0 Å². The van der Waals surface area contributed by atoms with Gasteiger partial charge in [-0.25, -0.2) is 14.6 Å². The predicted octanol–water partition coefficient (Wildman–Crippen LogP) is 1.04. The number of carbonyl (C=O) groups excluding carboxylic acids is 1. The minimum absolute atomic E-state index is 0.412. The van der Waals surface area contributed by atoms with Gasteiger partial charge in [0, 0.05) is 25.4 Å². The van der Waals surface area contributed by atoms with Gasteiger partial charge in [0.2, 0.25) is 0 Å². The molecule has 1 aromatic rings. The van der Waals surface area contributed by atoms with E-state index < -0.39 is 17.5 Å². The highest BCUT2D eigenvalue weighted by Gasteiger charge is 2.40. The molecule has 1 aliphatic rings. The van der Waals surface area contributed by atoms with Crippen molar-refractivity contribution in [2.45, 2.75) is 44.1 Å². The Morgan fingerprint density at radius 2 is 2.10 bits per heavy atom. The molecular formula is C13H20N4O3. The molecule has 7 nitrogen and oxygen atoms in total. The van der Waals surface area contributed by atoms with Crippen LogP contribution in [-0.2, 0) is 11.2 Å². The van der Waals surface area contributed by atoms with Crippen molar-refractivity contribution < 1.29 is 14.7 Å². The van der Waals surface area contributed by atoms with Gasteiger partial charge in [0.25, 0.3) is 0 Å². The maximum Gasteiger partial charge on any atom is 0.329 e. The lowest BCUT2D eigenvalue weighted by atomic mass is 9.82. The van der Waals surface area contributed by atoms with Crippen LogP contribution in [0.2, 0.25) is 0 Å². The lowest BCUT2D eigenvalue weighted by molar-refractivity contribution is -0.145. The summed E-state index contributed by atoms with van der Waals surface area (Å²) in [5.41, 5.74) is -1.10. The molecule has 2 rings (SSSR count). The second-order valence-electron chi connectivity index (χ2n) is 5.11. The Morgan fingerprint density at radius 3 is 2.70 bits per heavy atom. The quantitative estimate of drug-likeness (QED) is 0.646. The molecule has 0 atom stereocenters. The van der Waals surface area contributed by atoms with Gasteiger partial charge in [0.1, 0.15) is 11.4 Å². The summed E-state index contributed by atoms with van der Waals surface area (Å²) in [4.78, 5) is 30.2. The summed E-state index contributed by atoms with van der Waals surface area (Å²) in [7, 11) is 0. The van der Waals surface area contributed by atoms with Gasteiger partial charge in [-0.1, -0.05) is 19.3 Å². The number of rotatable bonds is 5. The molecule has 0 aromatic carbocycles. The zero-order valence-corrected chi connectivity index (χ0v) is 11.3. The molecule has 1 heterocycles. The summed E-state index contributed by atoms with van der Waals surface area (Å²) in [6.07, 6.45) is 7.63. The molecule has 0 saturated heterocycles. The van der Waals surface area contributed by atoms with Crippen LogP contribution in [0.1, 0.15) is 37.9 Å². The number of imidazole rings is 1. The standard InChI is InChI=1S/C13H20N4O3/c18-11(19)13(5-2-1-3-6-13)17-12(20)16-7-4-10-14-8-9-15-10/h8-9H,1-7H2,(H,14,15)(H,18,19)(H2,16,17,20). The van der Waals surface area contributed by atoms with E-state index >= 15 is 0 Å². The Balaban J connectivity index is 1.81. The molecule has 1 aliphatic carbocycles. The number of nitrogens with zero attached hydrogens (tertiary/aromatic N) is 1. The molecule has 1 fully saturated rings. The van der Waals surface area contributed by atoms with E-state index in [0.29, 0.717) is 25.8 Å². The maximum absolute atomic E-state index is 11.8. The highest BCUT2D eigenvalue weighted by molar-refractivity contribution is 5.86. The van der Waals surface area contributed by atoms with Gasteiger partial charge >= 0.3 is 12.0 Å². The zero-order valence-electron chi connectivity index (χ0n) is 11.3. The lowest BCUT2D eigenvalue weighted by Gasteiger charge is -2.33. The zero-order chi connectivity index (χ0) is 14.4. The highest BCUT2D eigenvalue weighted by atomic mass is 16.4. The molecule has 20 heavy (non-hydrogen) atoms. The van der Waals surface area contributed by atoms with E-state index in [1.54, 1.807) is 12.4 Å². The van der Waals surface area contributed by atoms with Crippen LogP contribution in [0.3, 0.4) is 0 Å². The third-order valence-corrected chi connectivity index (χ3v) is 3.67. The van der Waals surface area contributed by atoms with E-state index in [4.69, 9.17) is 0 Å². The van der Waals surface area contributed by atoms with Crippen LogP contribution >= 0.6 is 0 Å². The molecule has 110 valence electrons. The van der Waals surface area contributed by atoms with Crippen LogP contribution in [0, 0.1) is 0 Å². The third-order valence-electron chi connectivity index (χ3n) is 3.67. The van der Waals surface area contributed by atoms with E-state index in [1.807, 2.05) is 0 Å². The fourth-order valence-corrected chi connectivity index (χ4v) is 2.54. The molecule has 0 spiro atoms. The van der Waals surface area contributed by atoms with Crippen LogP contribution in [0.25, 0.3) is 0 Å². The van der Waals surface area contributed by atoms with Gasteiger partial charge < -0.3 is 20.7 Å². The van der Waals surface area contributed by atoms with Crippen LogP contribution in [0.4, 0.5) is 4.79 Å². The van der Waals surface area contributed by atoms with E-state index in [2.05, 4.69) is 20.6 Å². The molecule has 0 bridgehead atoms. The number of carboxylic acid groups (broad SMARTS) is 1. The number of nitrogens with one attached hydrogen (secondary N) is 3. The first-order valence-electron chi connectivity index (χ1n) is 6.90. The molecule has 4 N–H and O–H groups in total. The Labute approximate surface area is 117 Å². The van der Waals surface area contributed by atoms with Crippen molar-refractivity contribution in [3.05, 3.63) is 18.2 Å². The van der Waals surface area contributed by atoms with Crippen molar-refractivity contribution in [3.63, 3.8) is 0 Å². The number of carbonyl (C=O) groups is 2. The van der Waals surface area contributed by atoms with Crippen molar-refractivity contribution in [3.8, 4) is 0 Å². The van der Waals surface area contributed by atoms with Crippen LogP contribution in [0.5, 0.6) is 0 Å². The first-order chi connectivity index (χ1) is 9.62. The van der Waals surface area contributed by atoms with E-state index in [1.165, 1.54) is 0 Å². The number of amides is 2. The van der Waals surface area contributed by atoms with Gasteiger partial charge in [-0.05, 0) is 12.8 Å². The lowest BCUT2D eigenvalue weighted by Crippen LogP contribution is -2.58. The van der Waals surface area contributed by atoms with Crippen LogP contribution < -0.4 is 10.6 Å². The molecule has 0 unspecified atom stereocenters. The van der Waals surface area contributed by atoms with Crippen molar-refractivity contribution in [1.29, 1.82) is 0 Å². The summed E-state index contributed by atoms with van der Waals surface area (Å²) in [5, 5.41) is 14.7. The van der Waals surface area contributed by atoms with E-state index in [0.717, 1.165) is 25.1 Å². The Bertz CT molecular complexity index is 452. The van der Waals surface area contributed by atoms with Crippen molar-refractivity contribution in [2.24, 2.45) is 0 Å². The molecule has 1 saturated carbocycles. The SMILES string of the molecule is O=C(NCCc1ncc[nH]1)NC1(C(=O)O)CCCCC1. The number of urea groups is 1. The van der Waals surface area contributed by atoms with Crippen molar-refractivity contribution in [1.82, 2.24) is 20.6 Å². The minimum atomic E-state index is -1.10. The fourth-order valence-electron chi connectivity index (χ4n) is 2.54. The maximum atomic E-state index is 11.8. The molecule has 7 heteroatoms. The average Bonchev–Trinajstić information content (AvgIpc) is 2.93. The largest absolute Gasteiger partial charge is 0.480 e. The number of aromatic amines is 1. The van der Waals surface area contributed by atoms with Gasteiger partial charge in [-0.15, -0.1) is 0 Å². The molecular weight excluding hydrogens is 260 g/mol.